The summed E-state index contributed by atoms with van der Waals surface area (Å²) < 4.78 is 5.77. The monoisotopic (exact) mass is 296 g/mol. The third-order valence-corrected chi connectivity index (χ3v) is 3.04. The number of rotatable bonds is 6. The van der Waals surface area contributed by atoms with Crippen molar-refractivity contribution in [3.8, 4) is 0 Å². The lowest BCUT2D eigenvalue weighted by Crippen LogP contribution is -2.26. The molecular formula is C13H17BrN2O. The highest BCUT2D eigenvalue weighted by Gasteiger charge is 2.12. The highest BCUT2D eigenvalue weighted by atomic mass is 79.9. The molecule has 0 saturated heterocycles. The van der Waals surface area contributed by atoms with Gasteiger partial charge in [0.1, 0.15) is 5.52 Å². The van der Waals surface area contributed by atoms with Crippen molar-refractivity contribution < 1.29 is 4.42 Å². The molecule has 0 aliphatic heterocycles. The van der Waals surface area contributed by atoms with E-state index in [9.17, 15) is 0 Å². The van der Waals surface area contributed by atoms with Crippen LogP contribution in [0.15, 0.2) is 28.7 Å². The van der Waals surface area contributed by atoms with Gasteiger partial charge in [-0.25, -0.2) is 0 Å². The summed E-state index contributed by atoms with van der Waals surface area (Å²) in [6.07, 6.45) is 2.34. The highest BCUT2D eigenvalue weighted by molar-refractivity contribution is 9.09. The van der Waals surface area contributed by atoms with E-state index in [1.807, 2.05) is 24.3 Å². The normalized spacial score (nSPS) is 10.9. The number of fused-ring (bicyclic) bond motifs is 1. The topological polar surface area (TPSA) is 29.3 Å². The van der Waals surface area contributed by atoms with Crippen molar-refractivity contribution in [2.75, 3.05) is 23.3 Å². The van der Waals surface area contributed by atoms with Gasteiger partial charge >= 0.3 is 0 Å². The molecule has 92 valence electrons. The molecule has 0 aliphatic carbocycles. The van der Waals surface area contributed by atoms with E-state index < -0.39 is 0 Å². The maximum absolute atomic E-state index is 5.77. The molecule has 1 aromatic heterocycles. The molecule has 4 heteroatoms. The lowest BCUT2D eigenvalue weighted by molar-refractivity contribution is 0.564. The summed E-state index contributed by atoms with van der Waals surface area (Å²) in [5.41, 5.74) is 1.79. The number of benzene rings is 1. The number of anilines is 1. The van der Waals surface area contributed by atoms with E-state index in [2.05, 4.69) is 32.7 Å². The first-order chi connectivity index (χ1) is 8.35. The Bertz CT molecular complexity index is 436. The first-order valence-corrected chi connectivity index (χ1v) is 7.13. The molecule has 0 atom stereocenters. The Labute approximate surface area is 110 Å². The molecule has 3 nitrogen and oxygen atoms in total. The minimum atomic E-state index is 0.735. The second kappa shape index (κ2) is 6.05. The molecule has 0 amide bonds. The summed E-state index contributed by atoms with van der Waals surface area (Å²) in [5.74, 6) is 0. The van der Waals surface area contributed by atoms with Crippen molar-refractivity contribution in [2.24, 2.45) is 0 Å². The van der Waals surface area contributed by atoms with Gasteiger partial charge in [-0.1, -0.05) is 41.4 Å². The van der Waals surface area contributed by atoms with Gasteiger partial charge in [-0.15, -0.1) is 0 Å². The Morgan fingerprint density at radius 3 is 2.82 bits per heavy atom. The van der Waals surface area contributed by atoms with Crippen molar-refractivity contribution >= 4 is 33.0 Å². The van der Waals surface area contributed by atoms with Crippen LogP contribution in [0.3, 0.4) is 0 Å². The number of halogens is 1. The molecule has 2 rings (SSSR count). The zero-order chi connectivity index (χ0) is 12.1. The highest BCUT2D eigenvalue weighted by Crippen LogP contribution is 2.21. The molecule has 0 saturated carbocycles. The van der Waals surface area contributed by atoms with Gasteiger partial charge in [0.25, 0.3) is 6.01 Å². The molecule has 0 fully saturated rings. The van der Waals surface area contributed by atoms with E-state index in [4.69, 9.17) is 4.42 Å². The number of oxazole rings is 1. The molecule has 0 radical (unpaired) electrons. The van der Waals surface area contributed by atoms with Crippen LogP contribution in [0, 0.1) is 0 Å². The molecule has 2 aromatic rings. The maximum atomic E-state index is 5.77. The molecular weight excluding hydrogens is 280 g/mol. The molecule has 1 heterocycles. The number of nitrogens with zero attached hydrogens (tertiary/aromatic N) is 2. The first kappa shape index (κ1) is 12.4. The van der Waals surface area contributed by atoms with E-state index in [1.165, 1.54) is 6.42 Å². The predicted molar refractivity (Wildman–Crippen MR) is 74.9 cm³/mol. The molecule has 0 spiro atoms. The van der Waals surface area contributed by atoms with Gasteiger partial charge in [0.2, 0.25) is 0 Å². The number of hydrogen-bond donors (Lipinski definition) is 0. The number of alkyl halides is 1. The molecule has 17 heavy (non-hydrogen) atoms. The maximum Gasteiger partial charge on any atom is 0.298 e. The molecule has 0 bridgehead atoms. The van der Waals surface area contributed by atoms with Gasteiger partial charge in [0, 0.05) is 18.4 Å². The van der Waals surface area contributed by atoms with Crippen molar-refractivity contribution in [3.63, 3.8) is 0 Å². The number of unbranched alkanes of at least 4 members (excludes halogenated alkanes) is 1. The van der Waals surface area contributed by atoms with Crippen LogP contribution in [0.4, 0.5) is 6.01 Å². The average Bonchev–Trinajstić information content (AvgIpc) is 2.78. The van der Waals surface area contributed by atoms with Crippen molar-refractivity contribution in [2.45, 2.75) is 19.8 Å². The zero-order valence-corrected chi connectivity index (χ0v) is 11.6. The SMILES string of the molecule is CCCCN(CCBr)c1nc2ccccc2o1. The van der Waals surface area contributed by atoms with E-state index in [-0.39, 0.29) is 0 Å². The minimum absolute atomic E-state index is 0.735. The predicted octanol–water partition coefficient (Wildman–Crippen LogP) is 3.83. The second-order valence-corrected chi connectivity index (χ2v) is 4.79. The smallest absolute Gasteiger partial charge is 0.298 e. The standard InChI is InChI=1S/C13H17BrN2O/c1-2-3-9-16(10-8-14)13-15-11-6-4-5-7-12(11)17-13/h4-7H,2-3,8-10H2,1H3. The summed E-state index contributed by atoms with van der Waals surface area (Å²) in [7, 11) is 0. The van der Waals surface area contributed by atoms with E-state index in [1.54, 1.807) is 0 Å². The Kier molecular flexibility index (Phi) is 4.42. The van der Waals surface area contributed by atoms with Crippen molar-refractivity contribution in [3.05, 3.63) is 24.3 Å². The summed E-state index contributed by atoms with van der Waals surface area (Å²) in [4.78, 5) is 6.72. The quantitative estimate of drug-likeness (QED) is 0.759. The molecule has 0 unspecified atom stereocenters. The van der Waals surface area contributed by atoms with Gasteiger partial charge in [-0.05, 0) is 18.6 Å². The van der Waals surface area contributed by atoms with Crippen LogP contribution in [0.5, 0.6) is 0 Å². The fourth-order valence-corrected chi connectivity index (χ4v) is 2.18. The third kappa shape index (κ3) is 3.00. The fourth-order valence-electron chi connectivity index (χ4n) is 1.75. The van der Waals surface area contributed by atoms with Crippen molar-refractivity contribution in [1.29, 1.82) is 0 Å². The number of aromatic nitrogens is 1. The van der Waals surface area contributed by atoms with Crippen LogP contribution < -0.4 is 4.90 Å². The summed E-state index contributed by atoms with van der Waals surface area (Å²) >= 11 is 3.47. The van der Waals surface area contributed by atoms with Crippen LogP contribution in [0.1, 0.15) is 19.8 Å². The average molecular weight is 297 g/mol. The van der Waals surface area contributed by atoms with Crippen LogP contribution in [0.2, 0.25) is 0 Å². The minimum Gasteiger partial charge on any atom is -0.423 e. The first-order valence-electron chi connectivity index (χ1n) is 6.01. The van der Waals surface area contributed by atoms with Gasteiger partial charge in [-0.2, -0.15) is 4.98 Å². The second-order valence-electron chi connectivity index (χ2n) is 3.99. The van der Waals surface area contributed by atoms with Crippen LogP contribution in [-0.4, -0.2) is 23.4 Å². The lowest BCUT2D eigenvalue weighted by Gasteiger charge is -2.18. The van der Waals surface area contributed by atoms with E-state index in [0.717, 1.165) is 42.0 Å². The molecule has 0 aliphatic rings. The Morgan fingerprint density at radius 1 is 1.29 bits per heavy atom. The van der Waals surface area contributed by atoms with E-state index >= 15 is 0 Å². The Balaban J connectivity index is 2.21. The van der Waals surface area contributed by atoms with Gasteiger partial charge in [-0.3, -0.25) is 0 Å². The lowest BCUT2D eigenvalue weighted by atomic mass is 10.3. The summed E-state index contributed by atoms with van der Waals surface area (Å²) in [5, 5.41) is 0.926. The Morgan fingerprint density at radius 2 is 2.12 bits per heavy atom. The van der Waals surface area contributed by atoms with E-state index in [0.29, 0.717) is 0 Å². The van der Waals surface area contributed by atoms with Gasteiger partial charge in [0.15, 0.2) is 5.58 Å². The third-order valence-electron chi connectivity index (χ3n) is 2.69. The summed E-state index contributed by atoms with van der Waals surface area (Å²) in [6.45, 7) is 4.11. The largest absolute Gasteiger partial charge is 0.423 e. The fraction of sp³-hybridized carbons (Fsp3) is 0.462. The number of para-hydroxylation sites is 2. The van der Waals surface area contributed by atoms with Crippen LogP contribution in [0.25, 0.3) is 11.1 Å². The zero-order valence-electron chi connectivity index (χ0n) is 10.0. The van der Waals surface area contributed by atoms with Crippen LogP contribution in [-0.2, 0) is 0 Å². The molecule has 0 N–H and O–H groups in total. The van der Waals surface area contributed by atoms with Crippen molar-refractivity contribution in [1.82, 2.24) is 4.98 Å². The molecule has 1 aromatic carbocycles. The number of hydrogen-bond acceptors (Lipinski definition) is 3. The van der Waals surface area contributed by atoms with Crippen LogP contribution >= 0.6 is 15.9 Å². The summed E-state index contributed by atoms with van der Waals surface area (Å²) in [6, 6.07) is 8.62. The van der Waals surface area contributed by atoms with Gasteiger partial charge in [0.05, 0.1) is 0 Å². The Hall–Kier alpha value is -1.03. The van der Waals surface area contributed by atoms with Gasteiger partial charge < -0.3 is 9.32 Å².